The Morgan fingerprint density at radius 1 is 1.18 bits per heavy atom. The van der Waals surface area contributed by atoms with Gasteiger partial charge in [-0.25, -0.2) is 4.39 Å². The lowest BCUT2D eigenvalue weighted by atomic mass is 10.1. The number of thiophene rings is 1. The zero-order valence-electron chi connectivity index (χ0n) is 16.4. The summed E-state index contributed by atoms with van der Waals surface area (Å²) in [6, 6.07) is 12.3. The van der Waals surface area contributed by atoms with E-state index in [4.69, 9.17) is 9.47 Å². The van der Waals surface area contributed by atoms with Crippen LogP contribution < -0.4 is 10.1 Å². The maximum absolute atomic E-state index is 14.3. The average molecular weight is 402 g/mol. The molecule has 6 heteroatoms. The number of carbonyl (C=O) groups is 1. The fourth-order valence-corrected chi connectivity index (χ4v) is 4.23. The van der Waals surface area contributed by atoms with Crippen LogP contribution in [0.25, 0.3) is 10.1 Å². The third-order valence-electron chi connectivity index (χ3n) is 4.34. The third-order valence-corrected chi connectivity index (χ3v) is 5.53. The Morgan fingerprint density at radius 3 is 2.64 bits per heavy atom. The van der Waals surface area contributed by atoms with E-state index < -0.39 is 0 Å². The van der Waals surface area contributed by atoms with E-state index in [9.17, 15) is 9.18 Å². The van der Waals surface area contributed by atoms with Crippen LogP contribution in [0.1, 0.15) is 47.6 Å². The Morgan fingerprint density at radius 2 is 1.93 bits per heavy atom. The zero-order valence-corrected chi connectivity index (χ0v) is 17.2. The molecule has 0 radical (unpaired) electrons. The van der Waals surface area contributed by atoms with Gasteiger partial charge >= 0.3 is 0 Å². The summed E-state index contributed by atoms with van der Waals surface area (Å²) < 4.78 is 26.0. The van der Waals surface area contributed by atoms with Gasteiger partial charge in [0, 0.05) is 22.8 Å². The van der Waals surface area contributed by atoms with Crippen LogP contribution >= 0.6 is 11.3 Å². The summed E-state index contributed by atoms with van der Waals surface area (Å²) in [4.78, 5) is 13.4. The first-order valence-corrected chi connectivity index (χ1v) is 9.98. The van der Waals surface area contributed by atoms with Crippen LogP contribution in [0.5, 0.6) is 5.75 Å². The van der Waals surface area contributed by atoms with Crippen molar-refractivity contribution in [2.45, 2.75) is 39.5 Å². The standard InChI is InChI=1S/C22H24FNO3S/c1-13(2)27-16-8-5-7-15(11-16)14(3)24-22(25)21-17(12-26-4)20-18(23)9-6-10-19(20)28-21/h5-11,13-14H,12H2,1-4H3,(H,24,25). The molecule has 0 aliphatic rings. The van der Waals surface area contributed by atoms with Crippen molar-refractivity contribution < 1.29 is 18.7 Å². The molecule has 1 aromatic heterocycles. The molecular weight excluding hydrogens is 377 g/mol. The second kappa shape index (κ2) is 8.71. The summed E-state index contributed by atoms with van der Waals surface area (Å²) >= 11 is 1.28. The van der Waals surface area contributed by atoms with Crippen LogP contribution in [-0.4, -0.2) is 19.1 Å². The fraction of sp³-hybridized carbons (Fsp3) is 0.318. The number of hydrogen-bond acceptors (Lipinski definition) is 4. The summed E-state index contributed by atoms with van der Waals surface area (Å²) in [6.45, 7) is 6.03. The van der Waals surface area contributed by atoms with Crippen molar-refractivity contribution in [2.24, 2.45) is 0 Å². The van der Waals surface area contributed by atoms with E-state index in [0.29, 0.717) is 15.8 Å². The fourth-order valence-electron chi connectivity index (χ4n) is 3.11. The molecule has 3 aromatic rings. The van der Waals surface area contributed by atoms with Crippen LogP contribution in [0.2, 0.25) is 0 Å². The normalized spacial score (nSPS) is 12.4. The van der Waals surface area contributed by atoms with Gasteiger partial charge in [0.1, 0.15) is 11.6 Å². The van der Waals surface area contributed by atoms with E-state index in [-0.39, 0.29) is 30.5 Å². The van der Waals surface area contributed by atoms with Crippen molar-refractivity contribution in [1.29, 1.82) is 0 Å². The first-order valence-electron chi connectivity index (χ1n) is 9.17. The van der Waals surface area contributed by atoms with Crippen molar-refractivity contribution in [3.8, 4) is 5.75 Å². The van der Waals surface area contributed by atoms with Crippen LogP contribution in [0.4, 0.5) is 4.39 Å². The molecule has 1 heterocycles. The molecule has 1 amide bonds. The highest BCUT2D eigenvalue weighted by Crippen LogP contribution is 2.34. The lowest BCUT2D eigenvalue weighted by molar-refractivity contribution is 0.0939. The molecule has 0 spiro atoms. The number of rotatable bonds is 7. The average Bonchev–Trinajstić information content (AvgIpc) is 3.02. The second-order valence-electron chi connectivity index (χ2n) is 6.89. The molecule has 2 aromatic carbocycles. The lowest BCUT2D eigenvalue weighted by Gasteiger charge is -2.16. The van der Waals surface area contributed by atoms with E-state index >= 15 is 0 Å². The summed E-state index contributed by atoms with van der Waals surface area (Å²) in [7, 11) is 1.54. The maximum atomic E-state index is 14.3. The molecule has 1 atom stereocenters. The number of carbonyl (C=O) groups excluding carboxylic acids is 1. The highest BCUT2D eigenvalue weighted by Gasteiger charge is 2.22. The summed E-state index contributed by atoms with van der Waals surface area (Å²) in [6.07, 6.45) is 0.0743. The SMILES string of the molecule is COCc1c(C(=O)NC(C)c2cccc(OC(C)C)c2)sc2cccc(F)c12. The molecule has 0 aliphatic heterocycles. The smallest absolute Gasteiger partial charge is 0.262 e. The monoisotopic (exact) mass is 401 g/mol. The van der Waals surface area contributed by atoms with Crippen LogP contribution in [0.3, 0.4) is 0 Å². The number of fused-ring (bicyclic) bond motifs is 1. The minimum absolute atomic E-state index is 0.0743. The van der Waals surface area contributed by atoms with Gasteiger partial charge in [0.25, 0.3) is 5.91 Å². The first kappa shape index (κ1) is 20.3. The largest absolute Gasteiger partial charge is 0.491 e. The second-order valence-corrected chi connectivity index (χ2v) is 7.94. The van der Waals surface area contributed by atoms with Gasteiger partial charge < -0.3 is 14.8 Å². The molecule has 1 N–H and O–H groups in total. The molecule has 0 aliphatic carbocycles. The molecule has 148 valence electrons. The molecule has 4 nitrogen and oxygen atoms in total. The molecule has 0 bridgehead atoms. The summed E-state index contributed by atoms with van der Waals surface area (Å²) in [5, 5.41) is 3.47. The quantitative estimate of drug-likeness (QED) is 0.571. The summed E-state index contributed by atoms with van der Waals surface area (Å²) in [5.41, 5.74) is 1.52. The van der Waals surface area contributed by atoms with Gasteiger partial charge in [-0.3, -0.25) is 4.79 Å². The van der Waals surface area contributed by atoms with Crippen molar-refractivity contribution in [2.75, 3.05) is 7.11 Å². The van der Waals surface area contributed by atoms with Crippen LogP contribution in [0, 0.1) is 5.82 Å². The van der Waals surface area contributed by atoms with Gasteiger partial charge in [-0.1, -0.05) is 18.2 Å². The molecule has 0 fully saturated rings. The van der Waals surface area contributed by atoms with Crippen molar-refractivity contribution in [3.63, 3.8) is 0 Å². The van der Waals surface area contributed by atoms with Gasteiger partial charge in [0.15, 0.2) is 0 Å². The number of benzene rings is 2. The predicted octanol–water partition coefficient (Wildman–Crippen LogP) is 5.47. The van der Waals surface area contributed by atoms with Gasteiger partial charge in [0.05, 0.1) is 23.6 Å². The van der Waals surface area contributed by atoms with Crippen molar-refractivity contribution in [3.05, 3.63) is 64.3 Å². The van der Waals surface area contributed by atoms with Gasteiger partial charge in [0.2, 0.25) is 0 Å². The van der Waals surface area contributed by atoms with E-state index in [0.717, 1.165) is 16.0 Å². The number of hydrogen-bond donors (Lipinski definition) is 1. The Balaban J connectivity index is 1.87. The predicted molar refractivity (Wildman–Crippen MR) is 111 cm³/mol. The molecular formula is C22H24FNO3S. The van der Waals surface area contributed by atoms with E-state index in [1.165, 1.54) is 24.5 Å². The number of nitrogens with one attached hydrogen (secondary N) is 1. The molecule has 0 saturated carbocycles. The lowest BCUT2D eigenvalue weighted by Crippen LogP contribution is -2.26. The highest BCUT2D eigenvalue weighted by molar-refractivity contribution is 7.21. The Labute approximate surface area is 168 Å². The molecule has 28 heavy (non-hydrogen) atoms. The molecule has 1 unspecified atom stereocenters. The van der Waals surface area contributed by atoms with Gasteiger partial charge in [-0.2, -0.15) is 0 Å². The number of amides is 1. The first-order chi connectivity index (χ1) is 13.4. The third kappa shape index (κ3) is 4.34. The van der Waals surface area contributed by atoms with Crippen LogP contribution in [-0.2, 0) is 11.3 Å². The van der Waals surface area contributed by atoms with Crippen molar-refractivity contribution >= 4 is 27.3 Å². The van der Waals surface area contributed by atoms with Crippen LogP contribution in [0.15, 0.2) is 42.5 Å². The molecule has 3 rings (SSSR count). The topological polar surface area (TPSA) is 47.6 Å². The van der Waals surface area contributed by atoms with E-state index in [1.54, 1.807) is 6.07 Å². The highest BCUT2D eigenvalue weighted by atomic mass is 32.1. The number of methoxy groups -OCH3 is 1. The van der Waals surface area contributed by atoms with Gasteiger partial charge in [-0.05, 0) is 50.6 Å². The van der Waals surface area contributed by atoms with E-state index in [2.05, 4.69) is 5.32 Å². The van der Waals surface area contributed by atoms with Gasteiger partial charge in [-0.15, -0.1) is 11.3 Å². The Hall–Kier alpha value is -2.44. The maximum Gasteiger partial charge on any atom is 0.262 e. The number of ether oxygens (including phenoxy) is 2. The molecule has 0 saturated heterocycles. The zero-order chi connectivity index (χ0) is 20.3. The summed E-state index contributed by atoms with van der Waals surface area (Å²) in [5.74, 6) is 0.180. The van der Waals surface area contributed by atoms with Crippen molar-refractivity contribution in [1.82, 2.24) is 5.32 Å². The Bertz CT molecular complexity index is 983. The minimum atomic E-state index is -0.341. The Kier molecular flexibility index (Phi) is 6.31. The minimum Gasteiger partial charge on any atom is -0.491 e. The van der Waals surface area contributed by atoms with E-state index in [1.807, 2.05) is 51.1 Å². The number of halogens is 1.